The molecule has 0 aromatic heterocycles. The molecular formula is C20H31N3O. The zero-order chi connectivity index (χ0) is 17.6. The molecule has 1 unspecified atom stereocenters. The molecule has 1 saturated heterocycles. The van der Waals surface area contributed by atoms with Crippen LogP contribution < -0.4 is 5.43 Å². The van der Waals surface area contributed by atoms with Crippen LogP contribution in [0.1, 0.15) is 45.6 Å². The van der Waals surface area contributed by atoms with Crippen LogP contribution >= 0.6 is 0 Å². The van der Waals surface area contributed by atoms with E-state index < -0.39 is 5.60 Å². The molecule has 1 heterocycles. The van der Waals surface area contributed by atoms with Gasteiger partial charge in [-0.05, 0) is 31.2 Å². The Balaban J connectivity index is 2.33. The van der Waals surface area contributed by atoms with E-state index in [0.29, 0.717) is 5.92 Å². The molecule has 0 amide bonds. The molecule has 1 aromatic rings. The van der Waals surface area contributed by atoms with Gasteiger partial charge >= 0.3 is 0 Å². The number of benzene rings is 1. The summed E-state index contributed by atoms with van der Waals surface area (Å²) in [5, 5.41) is 6.39. The zero-order valence-corrected chi connectivity index (χ0v) is 15.5. The molecule has 1 N–H and O–H groups in total. The molecule has 1 fully saturated rings. The van der Waals surface area contributed by atoms with Crippen molar-refractivity contribution in [2.24, 2.45) is 11.0 Å². The van der Waals surface area contributed by atoms with Gasteiger partial charge in [0.2, 0.25) is 0 Å². The Labute approximate surface area is 146 Å². The minimum atomic E-state index is -0.407. The van der Waals surface area contributed by atoms with Gasteiger partial charge in [-0.1, -0.05) is 50.3 Å². The third-order valence-electron chi connectivity index (χ3n) is 4.48. The number of hydrazone groups is 1. The third-order valence-corrected chi connectivity index (χ3v) is 4.48. The van der Waals surface area contributed by atoms with Gasteiger partial charge in [0.05, 0.1) is 11.8 Å². The second-order valence-corrected chi connectivity index (χ2v) is 7.40. The molecular weight excluding hydrogens is 298 g/mol. The van der Waals surface area contributed by atoms with E-state index in [-0.39, 0.29) is 5.54 Å². The fourth-order valence-electron chi connectivity index (χ4n) is 3.80. The van der Waals surface area contributed by atoms with Crippen molar-refractivity contribution >= 4 is 6.21 Å². The standard InChI is InChI=1S/C20H31N3O/c1-6-12-20(13-17(2)3)15-19(4,16-22-21-5)24-23(20)14-18-10-8-7-9-11-18/h6-11,16-17,21H,1,12-15H2,2-5H3/b22-16+/t19?,20-/m1/s1. The average Bonchev–Trinajstić information content (AvgIpc) is 2.78. The van der Waals surface area contributed by atoms with E-state index in [1.807, 2.05) is 25.4 Å². The van der Waals surface area contributed by atoms with Gasteiger partial charge in [-0.25, -0.2) is 0 Å². The first kappa shape index (κ1) is 18.7. The number of rotatable bonds is 8. The van der Waals surface area contributed by atoms with Crippen molar-refractivity contribution in [1.82, 2.24) is 10.5 Å². The van der Waals surface area contributed by atoms with E-state index >= 15 is 0 Å². The lowest BCUT2D eigenvalue weighted by atomic mass is 9.78. The zero-order valence-electron chi connectivity index (χ0n) is 15.5. The Morgan fingerprint density at radius 3 is 2.67 bits per heavy atom. The molecule has 0 bridgehead atoms. The fourth-order valence-corrected chi connectivity index (χ4v) is 3.80. The van der Waals surface area contributed by atoms with Crippen LogP contribution in [0.25, 0.3) is 0 Å². The van der Waals surface area contributed by atoms with Crippen molar-refractivity contribution in [2.75, 3.05) is 7.05 Å². The maximum atomic E-state index is 6.42. The minimum Gasteiger partial charge on any atom is -0.313 e. The van der Waals surface area contributed by atoms with Crippen molar-refractivity contribution in [3.05, 3.63) is 48.6 Å². The SMILES string of the molecule is C=CC[C@@]1(CC(C)C)CC(C)(/C=N/NC)ON1Cc1ccccc1. The van der Waals surface area contributed by atoms with Gasteiger partial charge in [0.15, 0.2) is 0 Å². The molecule has 1 aromatic carbocycles. The molecule has 24 heavy (non-hydrogen) atoms. The van der Waals surface area contributed by atoms with E-state index in [2.05, 4.69) is 67.2 Å². The second-order valence-electron chi connectivity index (χ2n) is 7.40. The van der Waals surface area contributed by atoms with Gasteiger partial charge in [-0.3, -0.25) is 4.84 Å². The lowest BCUT2D eigenvalue weighted by molar-refractivity contribution is -0.208. The first-order chi connectivity index (χ1) is 11.4. The molecule has 0 radical (unpaired) electrons. The van der Waals surface area contributed by atoms with Crippen LogP contribution in [0.15, 0.2) is 48.1 Å². The van der Waals surface area contributed by atoms with Crippen LogP contribution in [-0.4, -0.2) is 29.5 Å². The van der Waals surface area contributed by atoms with Gasteiger partial charge < -0.3 is 5.43 Å². The number of hydrogen-bond donors (Lipinski definition) is 1. The van der Waals surface area contributed by atoms with Crippen molar-refractivity contribution in [1.29, 1.82) is 0 Å². The maximum Gasteiger partial charge on any atom is 0.126 e. The lowest BCUT2D eigenvalue weighted by Crippen LogP contribution is -2.43. The molecule has 4 nitrogen and oxygen atoms in total. The highest BCUT2D eigenvalue weighted by atomic mass is 16.7. The molecule has 1 aliphatic heterocycles. The van der Waals surface area contributed by atoms with E-state index in [0.717, 1.165) is 25.8 Å². The van der Waals surface area contributed by atoms with Crippen LogP contribution in [0, 0.1) is 5.92 Å². The Bertz CT molecular complexity index is 557. The smallest absolute Gasteiger partial charge is 0.126 e. The van der Waals surface area contributed by atoms with Crippen LogP contribution in [0.3, 0.4) is 0 Å². The van der Waals surface area contributed by atoms with E-state index in [4.69, 9.17) is 4.84 Å². The van der Waals surface area contributed by atoms with Crippen LogP contribution in [0.5, 0.6) is 0 Å². The van der Waals surface area contributed by atoms with E-state index in [1.165, 1.54) is 5.56 Å². The summed E-state index contributed by atoms with van der Waals surface area (Å²) in [4.78, 5) is 6.42. The van der Waals surface area contributed by atoms with Gasteiger partial charge in [-0.15, -0.1) is 6.58 Å². The molecule has 2 rings (SSSR count). The summed E-state index contributed by atoms with van der Waals surface area (Å²) in [6.45, 7) is 11.4. The lowest BCUT2D eigenvalue weighted by Gasteiger charge is -2.37. The summed E-state index contributed by atoms with van der Waals surface area (Å²) in [5.41, 5.74) is 3.63. The van der Waals surface area contributed by atoms with Gasteiger partial charge in [0, 0.05) is 20.0 Å². The maximum absolute atomic E-state index is 6.42. The Morgan fingerprint density at radius 2 is 2.08 bits per heavy atom. The first-order valence-corrected chi connectivity index (χ1v) is 8.75. The summed E-state index contributed by atoms with van der Waals surface area (Å²) < 4.78 is 0. The van der Waals surface area contributed by atoms with E-state index in [1.54, 1.807) is 0 Å². The number of nitrogens with one attached hydrogen (secondary N) is 1. The quantitative estimate of drug-likeness (QED) is 0.442. The van der Waals surface area contributed by atoms with Crippen LogP contribution in [0.2, 0.25) is 0 Å². The predicted molar refractivity (Wildman–Crippen MR) is 101 cm³/mol. The molecule has 0 aliphatic carbocycles. The van der Waals surface area contributed by atoms with Crippen molar-refractivity contribution in [3.63, 3.8) is 0 Å². The highest BCUT2D eigenvalue weighted by Gasteiger charge is 2.51. The summed E-state index contributed by atoms with van der Waals surface area (Å²) in [6.07, 6.45) is 6.78. The molecule has 1 aliphatic rings. The van der Waals surface area contributed by atoms with Gasteiger partial charge in [0.25, 0.3) is 0 Å². The topological polar surface area (TPSA) is 36.9 Å². The van der Waals surface area contributed by atoms with Crippen molar-refractivity contribution in [2.45, 2.75) is 57.7 Å². The van der Waals surface area contributed by atoms with Gasteiger partial charge in [0.1, 0.15) is 5.60 Å². The van der Waals surface area contributed by atoms with Crippen molar-refractivity contribution < 1.29 is 4.84 Å². The third kappa shape index (κ3) is 4.46. The summed E-state index contributed by atoms with van der Waals surface area (Å²) in [7, 11) is 1.81. The summed E-state index contributed by atoms with van der Waals surface area (Å²) in [6, 6.07) is 10.5. The van der Waals surface area contributed by atoms with Crippen LogP contribution in [-0.2, 0) is 11.4 Å². The Hall–Kier alpha value is -1.65. The Kier molecular flexibility index (Phi) is 6.19. The second kappa shape index (κ2) is 7.95. The summed E-state index contributed by atoms with van der Waals surface area (Å²) >= 11 is 0. The molecule has 0 saturated carbocycles. The molecule has 132 valence electrons. The average molecular weight is 329 g/mol. The predicted octanol–water partition coefficient (Wildman–Crippen LogP) is 4.15. The fraction of sp³-hybridized carbons (Fsp3) is 0.550. The number of hydroxylamine groups is 2. The number of hydrogen-bond acceptors (Lipinski definition) is 4. The monoisotopic (exact) mass is 329 g/mol. The molecule has 0 spiro atoms. The molecule has 4 heteroatoms. The van der Waals surface area contributed by atoms with Crippen LogP contribution in [0.4, 0.5) is 0 Å². The van der Waals surface area contributed by atoms with Gasteiger partial charge in [-0.2, -0.15) is 10.2 Å². The summed E-state index contributed by atoms with van der Waals surface area (Å²) in [5.74, 6) is 0.579. The number of nitrogens with zero attached hydrogens (tertiary/aromatic N) is 2. The van der Waals surface area contributed by atoms with E-state index in [9.17, 15) is 0 Å². The first-order valence-electron chi connectivity index (χ1n) is 8.75. The normalized spacial score (nSPS) is 27.9. The Morgan fingerprint density at radius 1 is 1.38 bits per heavy atom. The molecule has 2 atom stereocenters. The van der Waals surface area contributed by atoms with Crippen molar-refractivity contribution in [3.8, 4) is 0 Å². The highest BCUT2D eigenvalue weighted by Crippen LogP contribution is 2.45. The highest BCUT2D eigenvalue weighted by molar-refractivity contribution is 5.68. The largest absolute Gasteiger partial charge is 0.313 e. The minimum absolute atomic E-state index is 0.0553.